The lowest BCUT2D eigenvalue weighted by Crippen LogP contribution is -2.20. The number of nitrogens with one attached hydrogen (secondary N) is 2. The zero-order chi connectivity index (χ0) is 20.9. The van der Waals surface area contributed by atoms with Gasteiger partial charge in [0.15, 0.2) is 6.61 Å². The molecule has 0 bridgehead atoms. The number of rotatable bonds is 7. The van der Waals surface area contributed by atoms with E-state index in [2.05, 4.69) is 10.0 Å². The molecule has 0 atom stereocenters. The van der Waals surface area contributed by atoms with Gasteiger partial charge in [-0.15, -0.1) is 0 Å². The molecule has 0 saturated carbocycles. The van der Waals surface area contributed by atoms with Gasteiger partial charge in [-0.3, -0.25) is 9.52 Å². The third-order valence-electron chi connectivity index (χ3n) is 3.91. The minimum atomic E-state index is -3.73. The van der Waals surface area contributed by atoms with Crippen molar-refractivity contribution in [2.75, 3.05) is 16.6 Å². The van der Waals surface area contributed by atoms with Crippen molar-refractivity contribution in [1.29, 1.82) is 0 Å². The van der Waals surface area contributed by atoms with E-state index >= 15 is 0 Å². The average molecular weight is 431 g/mol. The smallest absolute Gasteiger partial charge is 0.262 e. The topological polar surface area (TPSA) is 84.5 Å². The van der Waals surface area contributed by atoms with Crippen LogP contribution < -0.4 is 14.8 Å². The summed E-state index contributed by atoms with van der Waals surface area (Å²) in [4.78, 5) is 12.1. The quantitative estimate of drug-likeness (QED) is 0.579. The highest BCUT2D eigenvalue weighted by Gasteiger charge is 2.14. The highest BCUT2D eigenvalue weighted by Crippen LogP contribution is 2.23. The molecule has 2 N–H and O–H groups in total. The fraction of sp³-hybridized carbons (Fsp3) is 0.0952. The first-order valence-electron chi connectivity index (χ1n) is 8.70. The van der Waals surface area contributed by atoms with Crippen molar-refractivity contribution in [2.24, 2.45) is 0 Å². The van der Waals surface area contributed by atoms with E-state index in [1.54, 1.807) is 42.5 Å². The van der Waals surface area contributed by atoms with Gasteiger partial charge in [-0.2, -0.15) is 0 Å². The predicted molar refractivity (Wildman–Crippen MR) is 114 cm³/mol. The number of aryl methyl sites for hydroxylation is 1. The van der Waals surface area contributed by atoms with Crippen LogP contribution in [0.2, 0.25) is 5.02 Å². The SMILES string of the molecule is Cc1cccc(NS(=O)(=O)c2ccc(NC(=O)COc3ccccc3Cl)cc2)c1. The number of carbonyl (C=O) groups is 1. The number of para-hydroxylation sites is 1. The van der Waals surface area contributed by atoms with Crippen molar-refractivity contribution < 1.29 is 17.9 Å². The summed E-state index contributed by atoms with van der Waals surface area (Å²) in [5, 5.41) is 3.06. The third kappa shape index (κ3) is 5.73. The predicted octanol–water partition coefficient (Wildman–Crippen LogP) is 4.47. The number of hydrogen-bond donors (Lipinski definition) is 2. The van der Waals surface area contributed by atoms with Crippen molar-refractivity contribution in [3.05, 3.63) is 83.4 Å². The molecule has 6 nitrogen and oxygen atoms in total. The Balaban J connectivity index is 1.60. The molecule has 0 saturated heterocycles. The van der Waals surface area contributed by atoms with Gasteiger partial charge in [-0.1, -0.05) is 35.9 Å². The van der Waals surface area contributed by atoms with Crippen LogP contribution in [0.25, 0.3) is 0 Å². The maximum Gasteiger partial charge on any atom is 0.262 e. The van der Waals surface area contributed by atoms with E-state index in [0.717, 1.165) is 5.56 Å². The van der Waals surface area contributed by atoms with Crippen LogP contribution in [0.5, 0.6) is 5.75 Å². The maximum absolute atomic E-state index is 12.5. The summed E-state index contributed by atoms with van der Waals surface area (Å²) >= 11 is 5.98. The molecule has 0 unspecified atom stereocenters. The molecule has 150 valence electrons. The van der Waals surface area contributed by atoms with E-state index in [4.69, 9.17) is 16.3 Å². The molecule has 8 heteroatoms. The molecular weight excluding hydrogens is 412 g/mol. The van der Waals surface area contributed by atoms with E-state index in [-0.39, 0.29) is 11.5 Å². The van der Waals surface area contributed by atoms with E-state index in [0.29, 0.717) is 22.1 Å². The van der Waals surface area contributed by atoms with Crippen LogP contribution in [0.3, 0.4) is 0 Å². The van der Waals surface area contributed by atoms with Gasteiger partial charge < -0.3 is 10.1 Å². The minimum absolute atomic E-state index is 0.0873. The third-order valence-corrected chi connectivity index (χ3v) is 5.62. The molecule has 1 amide bonds. The molecule has 0 aliphatic heterocycles. The van der Waals surface area contributed by atoms with Crippen molar-refractivity contribution in [1.82, 2.24) is 0 Å². The fourth-order valence-electron chi connectivity index (χ4n) is 2.54. The van der Waals surface area contributed by atoms with Gasteiger partial charge in [0, 0.05) is 11.4 Å². The first-order valence-corrected chi connectivity index (χ1v) is 10.6. The molecule has 0 radical (unpaired) electrons. The Labute approximate surface area is 174 Å². The number of carbonyl (C=O) groups excluding carboxylic acids is 1. The van der Waals surface area contributed by atoms with Crippen molar-refractivity contribution in [2.45, 2.75) is 11.8 Å². The van der Waals surface area contributed by atoms with E-state index in [1.165, 1.54) is 24.3 Å². The van der Waals surface area contributed by atoms with Gasteiger partial charge in [0.1, 0.15) is 5.75 Å². The first-order chi connectivity index (χ1) is 13.8. The number of sulfonamides is 1. The second-order valence-corrected chi connectivity index (χ2v) is 8.36. The molecule has 0 aliphatic rings. The zero-order valence-corrected chi connectivity index (χ0v) is 17.1. The van der Waals surface area contributed by atoms with Crippen molar-refractivity contribution in [3.63, 3.8) is 0 Å². The summed E-state index contributed by atoms with van der Waals surface area (Å²) in [6.45, 7) is 1.66. The number of anilines is 2. The monoisotopic (exact) mass is 430 g/mol. The zero-order valence-electron chi connectivity index (χ0n) is 15.6. The van der Waals surface area contributed by atoms with E-state index in [1.807, 2.05) is 13.0 Å². The summed E-state index contributed by atoms with van der Waals surface area (Å²) in [7, 11) is -3.73. The summed E-state index contributed by atoms with van der Waals surface area (Å²) in [6, 6.07) is 19.8. The maximum atomic E-state index is 12.5. The lowest BCUT2D eigenvalue weighted by Gasteiger charge is -2.11. The van der Waals surface area contributed by atoms with Gasteiger partial charge in [0.2, 0.25) is 0 Å². The highest BCUT2D eigenvalue weighted by molar-refractivity contribution is 7.92. The van der Waals surface area contributed by atoms with E-state index in [9.17, 15) is 13.2 Å². The fourth-order valence-corrected chi connectivity index (χ4v) is 3.78. The number of hydrogen-bond acceptors (Lipinski definition) is 4. The minimum Gasteiger partial charge on any atom is -0.482 e. The van der Waals surface area contributed by atoms with Gasteiger partial charge >= 0.3 is 0 Å². The standard InChI is InChI=1S/C21H19ClN2O4S/c1-15-5-4-6-17(13-15)24-29(26,27)18-11-9-16(10-12-18)23-21(25)14-28-20-8-3-2-7-19(20)22/h2-13,24H,14H2,1H3,(H,23,25). The van der Waals surface area contributed by atoms with Crippen LogP contribution in [0, 0.1) is 6.92 Å². The Morgan fingerprint density at radius 2 is 1.69 bits per heavy atom. The van der Waals surface area contributed by atoms with Crippen LogP contribution in [0.1, 0.15) is 5.56 Å². The van der Waals surface area contributed by atoms with E-state index < -0.39 is 15.9 Å². The molecular formula is C21H19ClN2O4S. The van der Waals surface area contributed by atoms with Gasteiger partial charge in [0.25, 0.3) is 15.9 Å². The van der Waals surface area contributed by atoms with Crippen LogP contribution in [-0.2, 0) is 14.8 Å². The summed E-state index contributed by atoms with van der Waals surface area (Å²) in [5.74, 6) is 0.0198. The Bertz CT molecular complexity index is 1120. The molecule has 29 heavy (non-hydrogen) atoms. The van der Waals surface area contributed by atoms with Crippen LogP contribution in [-0.4, -0.2) is 20.9 Å². The molecule has 0 aromatic heterocycles. The Morgan fingerprint density at radius 1 is 0.966 bits per heavy atom. The lowest BCUT2D eigenvalue weighted by atomic mass is 10.2. The Morgan fingerprint density at radius 3 is 2.38 bits per heavy atom. The second kappa shape index (κ2) is 8.98. The van der Waals surface area contributed by atoms with Crippen LogP contribution in [0.15, 0.2) is 77.7 Å². The normalized spacial score (nSPS) is 11.0. The number of halogens is 1. The van der Waals surface area contributed by atoms with Crippen molar-refractivity contribution >= 4 is 38.9 Å². The van der Waals surface area contributed by atoms with Gasteiger partial charge in [0.05, 0.1) is 9.92 Å². The van der Waals surface area contributed by atoms with Crippen LogP contribution in [0.4, 0.5) is 11.4 Å². The molecule has 0 heterocycles. The summed E-state index contributed by atoms with van der Waals surface area (Å²) in [6.07, 6.45) is 0. The number of ether oxygens (including phenoxy) is 1. The van der Waals surface area contributed by atoms with Crippen molar-refractivity contribution in [3.8, 4) is 5.75 Å². The molecule has 0 aliphatic carbocycles. The Hall–Kier alpha value is -3.03. The van der Waals surface area contributed by atoms with Gasteiger partial charge in [-0.25, -0.2) is 8.42 Å². The number of amides is 1. The van der Waals surface area contributed by atoms with Crippen LogP contribution >= 0.6 is 11.6 Å². The molecule has 0 fully saturated rings. The highest BCUT2D eigenvalue weighted by atomic mass is 35.5. The first kappa shape index (κ1) is 20.7. The molecule has 3 aromatic carbocycles. The molecule has 0 spiro atoms. The summed E-state index contributed by atoms with van der Waals surface area (Å²) < 4.78 is 32.9. The van der Waals surface area contributed by atoms with Gasteiger partial charge in [-0.05, 0) is 61.0 Å². The number of benzene rings is 3. The second-order valence-electron chi connectivity index (χ2n) is 6.27. The largest absolute Gasteiger partial charge is 0.482 e. The molecule has 3 rings (SSSR count). The summed E-state index contributed by atoms with van der Waals surface area (Å²) in [5.41, 5.74) is 1.88. The molecule has 3 aromatic rings. The lowest BCUT2D eigenvalue weighted by molar-refractivity contribution is -0.118. The Kier molecular flexibility index (Phi) is 6.41. The average Bonchev–Trinajstić information content (AvgIpc) is 2.67.